The van der Waals surface area contributed by atoms with E-state index in [9.17, 15) is 14.1 Å². The van der Waals surface area contributed by atoms with Crippen LogP contribution >= 0.6 is 0 Å². The number of piperazine rings is 1. The Hall–Kier alpha value is -2.25. The van der Waals surface area contributed by atoms with E-state index in [2.05, 4.69) is 42.8 Å². The van der Waals surface area contributed by atoms with Crippen LogP contribution in [0, 0.1) is 10.8 Å². The van der Waals surface area contributed by atoms with E-state index in [0.29, 0.717) is 11.7 Å². The molecule has 5 N–H and O–H groups in total. The number of rotatable bonds is 7. The molecule has 0 spiro atoms. The Morgan fingerprint density at radius 1 is 1.38 bits per heavy atom. The van der Waals surface area contributed by atoms with Gasteiger partial charge in [-0.1, -0.05) is 5.18 Å². The lowest BCUT2D eigenvalue weighted by atomic mass is 9.99. The van der Waals surface area contributed by atoms with Gasteiger partial charge in [-0.05, 0) is 13.0 Å². The molecule has 11 nitrogen and oxygen atoms in total. The van der Waals surface area contributed by atoms with Crippen molar-refractivity contribution in [1.82, 2.24) is 20.5 Å². The summed E-state index contributed by atoms with van der Waals surface area (Å²) in [5, 5.41) is 11.5. The van der Waals surface area contributed by atoms with Crippen LogP contribution in [-0.2, 0) is 9.53 Å². The average molecular weight is 451 g/mol. The van der Waals surface area contributed by atoms with E-state index in [1.54, 1.807) is 12.4 Å². The fourth-order valence-electron chi connectivity index (χ4n) is 4.54. The van der Waals surface area contributed by atoms with Gasteiger partial charge in [-0.25, -0.2) is 4.39 Å². The Labute approximate surface area is 186 Å². The lowest BCUT2D eigenvalue weighted by Crippen LogP contribution is -2.62. The lowest BCUT2D eigenvalue weighted by molar-refractivity contribution is -0.122. The third-order valence-electron chi connectivity index (χ3n) is 6.43. The van der Waals surface area contributed by atoms with E-state index >= 15 is 0 Å². The van der Waals surface area contributed by atoms with E-state index in [0.717, 1.165) is 38.5 Å². The smallest absolute Gasteiger partial charge is 0.234 e. The Kier molecular flexibility index (Phi) is 7.26. The van der Waals surface area contributed by atoms with Gasteiger partial charge in [0.15, 0.2) is 6.17 Å². The third-order valence-corrected chi connectivity index (χ3v) is 6.43. The maximum Gasteiger partial charge on any atom is 0.234 e. The van der Waals surface area contributed by atoms with E-state index in [1.807, 2.05) is 6.07 Å². The molecule has 12 heteroatoms. The molecule has 3 aliphatic heterocycles. The number of alkyl halides is 1. The van der Waals surface area contributed by atoms with E-state index < -0.39 is 30.3 Å². The van der Waals surface area contributed by atoms with Crippen LogP contribution in [0.15, 0.2) is 23.6 Å². The number of carbonyl (C=O) groups excluding carboxylic acids is 1. The highest BCUT2D eigenvalue weighted by Crippen LogP contribution is 2.30. The molecule has 1 aromatic heterocycles. The van der Waals surface area contributed by atoms with Crippen LogP contribution in [0.2, 0.25) is 0 Å². The van der Waals surface area contributed by atoms with Gasteiger partial charge in [-0.15, -0.1) is 4.91 Å². The van der Waals surface area contributed by atoms with Crippen molar-refractivity contribution in [3.05, 3.63) is 23.4 Å². The molecule has 4 rings (SSSR count). The number of hydrogen-bond acceptors (Lipinski definition) is 10. The molecule has 2 unspecified atom stereocenters. The summed E-state index contributed by atoms with van der Waals surface area (Å²) in [6, 6.07) is 2.57. The minimum Gasteiger partial charge on any atom is -0.378 e. The summed E-state index contributed by atoms with van der Waals surface area (Å²) in [6.45, 7) is 6.44. The summed E-state index contributed by atoms with van der Waals surface area (Å²) in [4.78, 5) is 33.2. The molecule has 3 saturated heterocycles. The van der Waals surface area contributed by atoms with Gasteiger partial charge in [0.2, 0.25) is 5.91 Å². The molecule has 0 aliphatic carbocycles. The normalized spacial score (nSPS) is 29.1. The van der Waals surface area contributed by atoms with Crippen molar-refractivity contribution in [1.29, 1.82) is 0 Å². The molecular formula is C20H31FN8O3. The summed E-state index contributed by atoms with van der Waals surface area (Å²) in [5.74, 6) is -1.49. The summed E-state index contributed by atoms with van der Waals surface area (Å²) in [7, 11) is 0. The monoisotopic (exact) mass is 450 g/mol. The molecule has 0 radical (unpaired) electrons. The standard InChI is InChI=1S/C20H31FN8O3/c1-12-9-28(14-10-32-11-14)4-5-29(12)16-2-3-23-8-15(16)26-20(30)17(18(22)27-31)19-24-6-13(21)7-25-19/h2-3,8,12-14,17-19,24-25H,4-7,9-11,22H2,1H3,(H,26,30)/t12-,13?,17?,18?,19?/m1/s1. The molecule has 4 heterocycles. The lowest BCUT2D eigenvalue weighted by Gasteiger charge is -2.46. The molecule has 0 bridgehead atoms. The number of halogens is 1. The number of nitrogens with one attached hydrogen (secondary N) is 3. The minimum absolute atomic E-state index is 0.0684. The van der Waals surface area contributed by atoms with Crippen LogP contribution in [0.5, 0.6) is 0 Å². The first-order valence-electron chi connectivity index (χ1n) is 11.0. The van der Waals surface area contributed by atoms with Crippen molar-refractivity contribution in [3.63, 3.8) is 0 Å². The Balaban J connectivity index is 1.48. The number of anilines is 2. The highest BCUT2D eigenvalue weighted by molar-refractivity contribution is 5.96. The van der Waals surface area contributed by atoms with E-state index in [-0.39, 0.29) is 19.1 Å². The van der Waals surface area contributed by atoms with Gasteiger partial charge in [0.05, 0.1) is 43.0 Å². The van der Waals surface area contributed by atoms with E-state index in [1.165, 1.54) is 0 Å². The quantitative estimate of drug-likeness (QED) is 0.403. The van der Waals surface area contributed by atoms with Crippen LogP contribution in [0.4, 0.5) is 15.8 Å². The average Bonchev–Trinajstić information content (AvgIpc) is 2.75. The fraction of sp³-hybridized carbons (Fsp3) is 0.700. The molecule has 0 aromatic carbocycles. The highest BCUT2D eigenvalue weighted by atomic mass is 19.1. The summed E-state index contributed by atoms with van der Waals surface area (Å²) >= 11 is 0. The summed E-state index contributed by atoms with van der Waals surface area (Å²) in [5.41, 5.74) is 7.23. The van der Waals surface area contributed by atoms with Crippen LogP contribution in [-0.4, -0.2) is 92.3 Å². The predicted molar refractivity (Wildman–Crippen MR) is 118 cm³/mol. The zero-order chi connectivity index (χ0) is 22.7. The largest absolute Gasteiger partial charge is 0.378 e. The fourth-order valence-corrected chi connectivity index (χ4v) is 4.54. The maximum atomic E-state index is 13.5. The summed E-state index contributed by atoms with van der Waals surface area (Å²) < 4.78 is 18.8. The highest BCUT2D eigenvalue weighted by Gasteiger charge is 2.38. The molecule has 3 fully saturated rings. The molecule has 1 amide bonds. The third kappa shape index (κ3) is 4.89. The molecular weight excluding hydrogens is 419 g/mol. The number of ether oxygens (including phenoxy) is 1. The van der Waals surface area contributed by atoms with Crippen LogP contribution < -0.4 is 26.6 Å². The number of nitrogens with two attached hydrogens (primary N) is 1. The first kappa shape index (κ1) is 22.9. The molecule has 3 aliphatic rings. The molecule has 3 atom stereocenters. The van der Waals surface area contributed by atoms with Crippen LogP contribution in [0.3, 0.4) is 0 Å². The van der Waals surface area contributed by atoms with E-state index in [4.69, 9.17) is 10.5 Å². The molecule has 32 heavy (non-hydrogen) atoms. The van der Waals surface area contributed by atoms with Gasteiger partial charge in [0, 0.05) is 45.0 Å². The SMILES string of the molecule is C[C@@H]1CN(C2COC2)CCN1c1ccncc1NC(=O)C(C(N)N=O)C1NCC(F)CN1. The van der Waals surface area contributed by atoms with Crippen molar-refractivity contribution < 1.29 is 13.9 Å². The first-order chi connectivity index (χ1) is 15.5. The Morgan fingerprint density at radius 2 is 2.12 bits per heavy atom. The van der Waals surface area contributed by atoms with Crippen LogP contribution in [0.1, 0.15) is 6.92 Å². The van der Waals surface area contributed by atoms with Gasteiger partial charge < -0.3 is 20.7 Å². The summed E-state index contributed by atoms with van der Waals surface area (Å²) in [6.07, 6.45) is 0.242. The second-order valence-corrected chi connectivity index (χ2v) is 8.62. The number of amides is 1. The number of hydrogen-bond donors (Lipinski definition) is 4. The number of carbonyl (C=O) groups is 1. The first-order valence-corrected chi connectivity index (χ1v) is 11.0. The number of nitroso groups, excluding NO2 is 1. The van der Waals surface area contributed by atoms with Crippen molar-refractivity contribution in [2.45, 2.75) is 37.5 Å². The molecule has 176 valence electrons. The second-order valence-electron chi connectivity index (χ2n) is 8.62. The van der Waals surface area contributed by atoms with Gasteiger partial charge in [0.1, 0.15) is 12.1 Å². The van der Waals surface area contributed by atoms with Crippen molar-refractivity contribution in [3.8, 4) is 0 Å². The van der Waals surface area contributed by atoms with Crippen molar-refractivity contribution >= 4 is 17.3 Å². The van der Waals surface area contributed by atoms with Gasteiger partial charge in [-0.2, -0.15) is 0 Å². The zero-order valence-corrected chi connectivity index (χ0v) is 18.1. The number of pyridine rings is 1. The zero-order valence-electron chi connectivity index (χ0n) is 18.1. The molecule has 1 aromatic rings. The van der Waals surface area contributed by atoms with Crippen LogP contribution in [0.25, 0.3) is 0 Å². The molecule has 0 saturated carbocycles. The van der Waals surface area contributed by atoms with Gasteiger partial charge in [0.25, 0.3) is 0 Å². The second kappa shape index (κ2) is 10.1. The van der Waals surface area contributed by atoms with Gasteiger partial charge in [-0.3, -0.25) is 25.3 Å². The Morgan fingerprint density at radius 3 is 2.75 bits per heavy atom. The van der Waals surface area contributed by atoms with Gasteiger partial charge >= 0.3 is 0 Å². The van der Waals surface area contributed by atoms with Crippen molar-refractivity contribution in [2.24, 2.45) is 16.8 Å². The van der Waals surface area contributed by atoms with Crippen molar-refractivity contribution in [2.75, 3.05) is 56.2 Å². The number of aromatic nitrogens is 1. The predicted octanol–water partition coefficient (Wildman–Crippen LogP) is -0.546. The topological polar surface area (TPSA) is 137 Å². The Bertz CT molecular complexity index is 805. The number of nitrogens with zero attached hydrogens (tertiary/aromatic N) is 4. The maximum absolute atomic E-state index is 13.5. The minimum atomic E-state index is -1.29.